The van der Waals surface area contributed by atoms with Gasteiger partial charge in [-0.1, -0.05) is 47.3 Å². The van der Waals surface area contributed by atoms with Crippen molar-refractivity contribution in [3.63, 3.8) is 0 Å². The van der Waals surface area contributed by atoms with Crippen molar-refractivity contribution in [1.29, 1.82) is 0 Å². The third kappa shape index (κ3) is 3.57. The zero-order valence-electron chi connectivity index (χ0n) is 11.3. The van der Waals surface area contributed by atoms with Crippen LogP contribution in [0.3, 0.4) is 0 Å². The number of hydrogen-bond acceptors (Lipinski definition) is 2. The predicted molar refractivity (Wildman–Crippen MR) is 80.7 cm³/mol. The van der Waals surface area contributed by atoms with Crippen LogP contribution in [0.25, 0.3) is 0 Å². The van der Waals surface area contributed by atoms with E-state index in [0.717, 1.165) is 35.7 Å². The molecule has 0 spiro atoms. The molecule has 3 N–H and O–H groups in total. The summed E-state index contributed by atoms with van der Waals surface area (Å²) in [5.74, 6) is -0.0115. The van der Waals surface area contributed by atoms with E-state index in [2.05, 4.69) is 21.2 Å². The molecule has 1 aliphatic rings. The SMILES string of the molecule is C[C@@H](NC(=O)C1(N)CCCCC1)c1ccc(Br)cc1. The second kappa shape index (κ2) is 6.06. The molecule has 0 aliphatic heterocycles. The van der Waals surface area contributed by atoms with Crippen molar-refractivity contribution in [3.8, 4) is 0 Å². The molecule has 0 aromatic heterocycles. The number of amides is 1. The van der Waals surface area contributed by atoms with Crippen LogP contribution in [-0.4, -0.2) is 11.4 Å². The van der Waals surface area contributed by atoms with Crippen LogP contribution in [0.2, 0.25) is 0 Å². The Morgan fingerprint density at radius 2 is 1.84 bits per heavy atom. The number of nitrogens with one attached hydrogen (secondary N) is 1. The maximum Gasteiger partial charge on any atom is 0.240 e. The van der Waals surface area contributed by atoms with Gasteiger partial charge in [-0.15, -0.1) is 0 Å². The molecule has 1 fully saturated rings. The lowest BCUT2D eigenvalue weighted by Crippen LogP contribution is -2.55. The zero-order chi connectivity index (χ0) is 13.9. The van der Waals surface area contributed by atoms with Gasteiger partial charge in [-0.3, -0.25) is 4.79 Å². The summed E-state index contributed by atoms with van der Waals surface area (Å²) >= 11 is 3.41. The molecule has 1 aromatic carbocycles. The topological polar surface area (TPSA) is 55.1 Å². The maximum absolute atomic E-state index is 12.3. The molecule has 2 rings (SSSR count). The number of halogens is 1. The fraction of sp³-hybridized carbons (Fsp3) is 0.533. The van der Waals surface area contributed by atoms with Gasteiger partial charge in [0.2, 0.25) is 5.91 Å². The standard InChI is InChI=1S/C15H21BrN2O/c1-11(12-5-7-13(16)8-6-12)18-14(19)15(17)9-3-2-4-10-15/h5-8,11H,2-4,9-10,17H2,1H3,(H,18,19)/t11-/m1/s1. The Kier molecular flexibility index (Phi) is 4.63. The Morgan fingerprint density at radius 1 is 1.26 bits per heavy atom. The van der Waals surface area contributed by atoms with Gasteiger partial charge >= 0.3 is 0 Å². The van der Waals surface area contributed by atoms with Gasteiger partial charge in [-0.2, -0.15) is 0 Å². The summed E-state index contributed by atoms with van der Waals surface area (Å²) in [6.45, 7) is 1.99. The Hall–Kier alpha value is -0.870. The highest BCUT2D eigenvalue weighted by molar-refractivity contribution is 9.10. The van der Waals surface area contributed by atoms with Crippen LogP contribution in [-0.2, 0) is 4.79 Å². The number of carbonyl (C=O) groups excluding carboxylic acids is 1. The molecular formula is C15H21BrN2O. The van der Waals surface area contributed by atoms with Gasteiger partial charge in [0.1, 0.15) is 0 Å². The summed E-state index contributed by atoms with van der Waals surface area (Å²) in [6.07, 6.45) is 4.89. The third-order valence-corrected chi connectivity index (χ3v) is 4.44. The van der Waals surface area contributed by atoms with E-state index in [1.165, 1.54) is 6.42 Å². The molecule has 0 bridgehead atoms. The van der Waals surface area contributed by atoms with E-state index < -0.39 is 5.54 Å². The van der Waals surface area contributed by atoms with Crippen LogP contribution in [0, 0.1) is 0 Å². The van der Waals surface area contributed by atoms with Crippen molar-refractivity contribution in [2.75, 3.05) is 0 Å². The molecule has 3 nitrogen and oxygen atoms in total. The lowest BCUT2D eigenvalue weighted by atomic mass is 9.81. The average molecular weight is 325 g/mol. The van der Waals surface area contributed by atoms with Gasteiger partial charge in [-0.05, 0) is 37.5 Å². The van der Waals surface area contributed by atoms with Crippen LogP contribution in [0.4, 0.5) is 0 Å². The van der Waals surface area contributed by atoms with Gasteiger partial charge in [0.25, 0.3) is 0 Å². The van der Waals surface area contributed by atoms with Crippen LogP contribution in [0.5, 0.6) is 0 Å². The Balaban J connectivity index is 2.00. The van der Waals surface area contributed by atoms with E-state index >= 15 is 0 Å². The maximum atomic E-state index is 12.3. The molecule has 1 saturated carbocycles. The molecule has 1 amide bonds. The molecule has 0 radical (unpaired) electrons. The molecule has 104 valence electrons. The van der Waals surface area contributed by atoms with Crippen molar-refractivity contribution in [3.05, 3.63) is 34.3 Å². The third-order valence-electron chi connectivity index (χ3n) is 3.92. The predicted octanol–water partition coefficient (Wildman–Crippen LogP) is 3.29. The summed E-state index contributed by atoms with van der Waals surface area (Å²) in [7, 11) is 0. The van der Waals surface area contributed by atoms with Crippen LogP contribution < -0.4 is 11.1 Å². The van der Waals surface area contributed by atoms with Gasteiger partial charge in [-0.25, -0.2) is 0 Å². The van der Waals surface area contributed by atoms with E-state index in [9.17, 15) is 4.79 Å². The lowest BCUT2D eigenvalue weighted by molar-refractivity contribution is -0.128. The van der Waals surface area contributed by atoms with Gasteiger partial charge in [0, 0.05) is 4.47 Å². The van der Waals surface area contributed by atoms with Crippen molar-refractivity contribution in [1.82, 2.24) is 5.32 Å². The van der Waals surface area contributed by atoms with Gasteiger partial charge < -0.3 is 11.1 Å². The molecule has 0 saturated heterocycles. The summed E-state index contributed by atoms with van der Waals surface area (Å²) in [6, 6.07) is 7.98. The minimum Gasteiger partial charge on any atom is -0.348 e. The summed E-state index contributed by atoms with van der Waals surface area (Å²) in [5, 5.41) is 3.05. The molecule has 0 heterocycles. The highest BCUT2D eigenvalue weighted by atomic mass is 79.9. The quantitative estimate of drug-likeness (QED) is 0.896. The lowest BCUT2D eigenvalue weighted by Gasteiger charge is -2.33. The summed E-state index contributed by atoms with van der Waals surface area (Å²) in [5.41, 5.74) is 6.66. The smallest absolute Gasteiger partial charge is 0.240 e. The van der Waals surface area contributed by atoms with Crippen LogP contribution >= 0.6 is 15.9 Å². The minimum absolute atomic E-state index is 0.0112. The molecular weight excluding hydrogens is 304 g/mol. The Bertz CT molecular complexity index is 438. The normalized spacial score (nSPS) is 19.7. The second-order valence-electron chi connectivity index (χ2n) is 5.46. The Morgan fingerprint density at radius 3 is 2.42 bits per heavy atom. The summed E-state index contributed by atoms with van der Waals surface area (Å²) in [4.78, 5) is 12.3. The van der Waals surface area contributed by atoms with Crippen LogP contribution in [0.15, 0.2) is 28.7 Å². The van der Waals surface area contributed by atoms with Crippen molar-refractivity contribution in [2.45, 2.75) is 50.6 Å². The van der Waals surface area contributed by atoms with Crippen LogP contribution in [0.1, 0.15) is 50.6 Å². The second-order valence-corrected chi connectivity index (χ2v) is 6.38. The molecule has 1 aromatic rings. The molecule has 1 aliphatic carbocycles. The van der Waals surface area contributed by atoms with E-state index in [4.69, 9.17) is 5.73 Å². The first-order chi connectivity index (χ1) is 9.01. The minimum atomic E-state index is -0.665. The van der Waals surface area contributed by atoms with Crippen molar-refractivity contribution in [2.24, 2.45) is 5.73 Å². The van der Waals surface area contributed by atoms with Crippen molar-refractivity contribution >= 4 is 21.8 Å². The van der Waals surface area contributed by atoms with E-state index in [0.29, 0.717) is 0 Å². The summed E-state index contributed by atoms with van der Waals surface area (Å²) < 4.78 is 1.04. The zero-order valence-corrected chi connectivity index (χ0v) is 12.9. The molecule has 19 heavy (non-hydrogen) atoms. The number of carbonyl (C=O) groups is 1. The number of rotatable bonds is 3. The van der Waals surface area contributed by atoms with E-state index in [1.54, 1.807) is 0 Å². The van der Waals surface area contributed by atoms with Gasteiger partial charge in [0.15, 0.2) is 0 Å². The highest BCUT2D eigenvalue weighted by Gasteiger charge is 2.35. The van der Waals surface area contributed by atoms with E-state index in [1.807, 2.05) is 31.2 Å². The first-order valence-corrected chi connectivity index (χ1v) is 7.66. The first-order valence-electron chi connectivity index (χ1n) is 6.86. The molecule has 0 unspecified atom stereocenters. The molecule has 4 heteroatoms. The number of nitrogens with two attached hydrogens (primary N) is 1. The molecule has 1 atom stereocenters. The largest absolute Gasteiger partial charge is 0.348 e. The van der Waals surface area contributed by atoms with Gasteiger partial charge in [0.05, 0.1) is 11.6 Å². The highest BCUT2D eigenvalue weighted by Crippen LogP contribution is 2.27. The number of hydrogen-bond donors (Lipinski definition) is 2. The number of benzene rings is 1. The average Bonchev–Trinajstić information content (AvgIpc) is 2.40. The Labute approximate surface area is 123 Å². The fourth-order valence-corrected chi connectivity index (χ4v) is 2.85. The first kappa shape index (κ1) is 14.5. The monoisotopic (exact) mass is 324 g/mol. The van der Waals surface area contributed by atoms with E-state index in [-0.39, 0.29) is 11.9 Å². The van der Waals surface area contributed by atoms with Crippen molar-refractivity contribution < 1.29 is 4.79 Å². The fourth-order valence-electron chi connectivity index (χ4n) is 2.58.